The molecule has 61 heavy (non-hydrogen) atoms. The van der Waals surface area contributed by atoms with E-state index in [2.05, 4.69) is 70.8 Å². The van der Waals surface area contributed by atoms with Gasteiger partial charge in [-0.25, -0.2) is 0 Å². The predicted octanol–water partition coefficient (Wildman–Crippen LogP) is 4.96. The molecule has 0 atom stereocenters. The van der Waals surface area contributed by atoms with E-state index in [1.165, 1.54) is 60.6 Å². The number of aromatic carboxylic acids is 1. The number of aromatic nitrogens is 2. The van der Waals surface area contributed by atoms with Gasteiger partial charge in [0.15, 0.2) is 23.0 Å². The Balaban J connectivity index is -0.000000331. The van der Waals surface area contributed by atoms with Crippen molar-refractivity contribution in [1.82, 2.24) is 9.13 Å². The average Bonchev–Trinajstić information content (AvgIpc) is 3.66. The third-order valence-electron chi connectivity index (χ3n) is 9.50. The number of unbranched alkanes of at least 4 members (excludes halogenated alkanes) is 9. The first-order valence-corrected chi connectivity index (χ1v) is 20.6. The average molecular weight is 920 g/mol. The topological polar surface area (TPSA) is 152 Å². The van der Waals surface area contributed by atoms with Crippen molar-refractivity contribution in [2.75, 3.05) is 39.6 Å². The predicted molar refractivity (Wildman–Crippen MR) is 243 cm³/mol. The molecule has 0 bridgehead atoms. The van der Waals surface area contributed by atoms with Gasteiger partial charge >= 0.3 is 103 Å². The van der Waals surface area contributed by atoms with Gasteiger partial charge < -0.3 is 57.7 Å². The van der Waals surface area contributed by atoms with Gasteiger partial charge in [0.2, 0.25) is 0 Å². The van der Waals surface area contributed by atoms with Crippen LogP contribution in [0.5, 0.6) is 34.5 Å². The quantitative estimate of drug-likeness (QED) is 0.0836. The van der Waals surface area contributed by atoms with Crippen molar-refractivity contribution in [3.05, 3.63) is 75.3 Å². The number of thiophene rings is 1. The van der Waals surface area contributed by atoms with Crippen LogP contribution in [0.1, 0.15) is 117 Å². The molecule has 0 radical (unpaired) electrons. The molecule has 332 valence electrons. The van der Waals surface area contributed by atoms with Gasteiger partial charge in [0, 0.05) is 48.5 Å². The Kier molecular flexibility index (Phi) is 23.9. The fourth-order valence-electron chi connectivity index (χ4n) is 6.94. The molecule has 12 nitrogen and oxygen atoms in total. The monoisotopic (exact) mass is 919 g/mol. The van der Waals surface area contributed by atoms with Crippen molar-refractivity contribution in [2.24, 2.45) is 0 Å². The van der Waals surface area contributed by atoms with E-state index < -0.39 is 5.97 Å². The first-order valence-electron chi connectivity index (χ1n) is 19.8. The first-order chi connectivity index (χ1) is 28.6. The fourth-order valence-corrected chi connectivity index (χ4v) is 8.22. The summed E-state index contributed by atoms with van der Waals surface area (Å²) in [6, 6.07) is 0. The van der Waals surface area contributed by atoms with Crippen molar-refractivity contribution in [3.63, 3.8) is 0 Å². The van der Waals surface area contributed by atoms with Crippen molar-refractivity contribution in [2.45, 2.75) is 90.5 Å². The van der Waals surface area contributed by atoms with E-state index in [0.717, 1.165) is 25.7 Å². The Bertz CT molecular complexity index is 2460. The Hall–Kier alpha value is -3.03. The minimum Gasteiger partial charge on any atom is -0.870 e. The summed E-state index contributed by atoms with van der Waals surface area (Å²) in [5.74, 6) is 0.414. The summed E-state index contributed by atoms with van der Waals surface area (Å²) in [6.45, 7) is 7.76. The number of carboxylic acids is 1. The summed E-state index contributed by atoms with van der Waals surface area (Å²) < 4.78 is 40.6. The number of rotatable bonds is 16. The Morgan fingerprint density at radius 3 is 1.72 bits per heavy atom. The summed E-state index contributed by atoms with van der Waals surface area (Å²) in [4.78, 5) is 26.7. The molecular formula is C46H69K2N2O10S-. The summed E-state index contributed by atoms with van der Waals surface area (Å²) in [7, 11) is 0. The molecule has 6 heterocycles. The molecule has 3 aromatic rings. The minimum absolute atomic E-state index is 0. The van der Waals surface area contributed by atoms with E-state index >= 15 is 0 Å². The number of carbonyl (C=O) groups is 1. The van der Waals surface area contributed by atoms with E-state index in [1.807, 2.05) is 6.29 Å². The normalized spacial score (nSPS) is 12.5. The zero-order valence-corrected chi connectivity index (χ0v) is 42.2. The second-order valence-corrected chi connectivity index (χ2v) is 14.5. The van der Waals surface area contributed by atoms with Crippen molar-refractivity contribution in [3.8, 4) is 55.6 Å². The van der Waals surface area contributed by atoms with Crippen LogP contribution in [0.15, 0.2) is 63.9 Å². The maximum atomic E-state index is 12.9. The van der Waals surface area contributed by atoms with Crippen LogP contribution in [0.25, 0.3) is 27.3 Å². The number of fused-ring (bicyclic) bond motifs is 3. The van der Waals surface area contributed by atoms with Crippen LogP contribution in [-0.4, -0.2) is 66.5 Å². The largest absolute Gasteiger partial charge is 1.00 e. The molecule has 0 spiro atoms. The number of hydrogen-bond acceptors (Lipinski definition) is 11. The number of carbonyl (C=O) groups excluding carboxylic acids is 2. The molecule has 0 saturated carbocycles. The van der Waals surface area contributed by atoms with E-state index in [4.69, 9.17) is 28.4 Å². The van der Waals surface area contributed by atoms with Crippen LogP contribution in [0.3, 0.4) is 0 Å². The fraction of sp³-hybridized carbons (Fsp3) is 0.435. The summed E-state index contributed by atoms with van der Waals surface area (Å²) >= 11 is 1.29. The molecule has 1 N–H and O–H groups in total. The molecule has 3 aliphatic heterocycles. The van der Waals surface area contributed by atoms with Gasteiger partial charge in [-0.05, 0) is 70.3 Å². The molecule has 6 rings (SSSR count). The van der Waals surface area contributed by atoms with Gasteiger partial charge in [-0.15, -0.1) is 11.3 Å². The van der Waals surface area contributed by atoms with Crippen LogP contribution in [0.4, 0.5) is 0 Å². The van der Waals surface area contributed by atoms with Crippen LogP contribution < -0.4 is 136 Å². The third-order valence-corrected chi connectivity index (χ3v) is 10.7. The SMILES string of the molecule is C=C=C=C=C=C=C=C=C=C=C=Cn1c([C-]=O)c2c(c1-c1sc(-c3c4c(c(C(=O)[O-])n3CCCCCCCCCCCC)OCCCO4)c3c1OCCO3)OCCCO2.[HH].[HH].[HH].[HH].[HH].[HH].[HH].[HH].[HH].[HH].[HH].[HH].[K+].[K+].[OH-]. The zero-order chi connectivity index (χ0) is 40.5. The van der Waals surface area contributed by atoms with E-state index in [9.17, 15) is 14.7 Å². The summed E-state index contributed by atoms with van der Waals surface area (Å²) in [5.41, 5.74) is 26.9. The number of ether oxygens (including phenoxy) is 6. The Morgan fingerprint density at radius 1 is 0.689 bits per heavy atom. The molecule has 0 aliphatic carbocycles. The molecule has 0 fully saturated rings. The second-order valence-electron chi connectivity index (χ2n) is 13.5. The van der Waals surface area contributed by atoms with E-state index in [0.29, 0.717) is 90.0 Å². The minimum atomic E-state index is -1.36. The van der Waals surface area contributed by atoms with Crippen LogP contribution in [-0.2, 0) is 11.3 Å². The number of carboxylic acid groups (broad SMARTS) is 1. The van der Waals surface area contributed by atoms with Crippen molar-refractivity contribution >= 4 is 29.8 Å². The molecule has 0 saturated heterocycles. The summed E-state index contributed by atoms with van der Waals surface area (Å²) in [6.07, 6.45) is 16.0. The maximum Gasteiger partial charge on any atom is 1.00 e. The van der Waals surface area contributed by atoms with Gasteiger partial charge in [-0.3, -0.25) is 0 Å². The molecule has 15 heteroatoms. The van der Waals surface area contributed by atoms with Gasteiger partial charge in [-0.1, -0.05) is 70.4 Å². The molecule has 3 aliphatic rings. The molecule has 0 amide bonds. The first kappa shape index (κ1) is 52.3. The van der Waals surface area contributed by atoms with Crippen molar-refractivity contribution in [1.29, 1.82) is 0 Å². The van der Waals surface area contributed by atoms with Crippen LogP contribution in [0, 0.1) is 0 Å². The van der Waals surface area contributed by atoms with E-state index in [1.54, 1.807) is 4.57 Å². The molecule has 0 aromatic carbocycles. The maximum absolute atomic E-state index is 12.9. The Morgan fingerprint density at radius 2 is 1.16 bits per heavy atom. The van der Waals surface area contributed by atoms with Crippen LogP contribution in [0.2, 0.25) is 0 Å². The third kappa shape index (κ3) is 13.3. The van der Waals surface area contributed by atoms with E-state index in [-0.39, 0.29) is 161 Å². The van der Waals surface area contributed by atoms with Gasteiger partial charge in [-0.2, -0.15) is 0 Å². The van der Waals surface area contributed by atoms with Crippen LogP contribution >= 0.6 is 11.3 Å². The zero-order valence-electron chi connectivity index (χ0n) is 35.1. The van der Waals surface area contributed by atoms with Crippen molar-refractivity contribution < 1.29 is 168 Å². The molecular weight excluding hydrogens is 851 g/mol. The van der Waals surface area contributed by atoms with Gasteiger partial charge in [0.05, 0.1) is 49.2 Å². The van der Waals surface area contributed by atoms with Gasteiger partial charge in [0.25, 0.3) is 0 Å². The van der Waals surface area contributed by atoms with Gasteiger partial charge in [0.1, 0.15) is 35.2 Å². The molecule has 0 unspecified atom stereocenters. The second kappa shape index (κ2) is 27.9. The standard InChI is InChI=1S/C46H45N2O9S.2K.H2O.12H2/c1-3-5-7-9-11-13-15-17-19-21-25-47-34(33-49)38-39(53-28-23-27-52-38)35(47)44-42-43(57-32-31-56-42)45(58-44)36-40-41(55-30-24-29-54-40)37(46(50)51)48(36)26-22-20-18-16-14-12-10-8-6-4-2;;;;;;;;;;;;;;;/h25H,1,4,6,8,10,12,14,16,18,20,22-24,26-32H2,2H3,(H,50,51);;;1H2;12*1H/q-1;2*+1;;;;;;;;;;;;;/p-2. The summed E-state index contributed by atoms with van der Waals surface area (Å²) in [5, 5.41) is 12.9. The molecule has 3 aromatic heterocycles. The number of hydrogen-bond donors (Lipinski definition) is 0. The number of nitrogens with zero attached hydrogens (tertiary/aromatic N) is 2. The Labute approximate surface area is 463 Å². The smallest absolute Gasteiger partial charge is 0.870 e.